The zero-order valence-electron chi connectivity index (χ0n) is 12.6. The van der Waals surface area contributed by atoms with E-state index in [4.69, 9.17) is 0 Å². The molecule has 0 aromatic carbocycles. The van der Waals surface area contributed by atoms with Crippen LogP contribution >= 0.6 is 0 Å². The molecule has 0 spiro atoms. The highest BCUT2D eigenvalue weighted by Gasteiger charge is 2.62. The van der Waals surface area contributed by atoms with Gasteiger partial charge < -0.3 is 5.11 Å². The molecule has 0 aromatic rings. The molecule has 3 aliphatic carbocycles. The van der Waals surface area contributed by atoms with Gasteiger partial charge in [0.05, 0.1) is 6.10 Å². The van der Waals surface area contributed by atoms with Gasteiger partial charge in [0.15, 0.2) is 0 Å². The van der Waals surface area contributed by atoms with Crippen LogP contribution in [0.5, 0.6) is 0 Å². The third-order valence-corrected chi connectivity index (χ3v) is 7.59. The first-order valence-corrected chi connectivity index (χ1v) is 8.04. The van der Waals surface area contributed by atoms with Crippen LogP contribution in [0.3, 0.4) is 0 Å². The Morgan fingerprint density at radius 3 is 2.22 bits per heavy atom. The van der Waals surface area contributed by atoms with E-state index in [0.717, 1.165) is 36.5 Å². The Bertz CT molecular complexity index is 335. The molecular weight excluding hydrogens is 220 g/mol. The maximum Gasteiger partial charge on any atom is 0.0543 e. The van der Waals surface area contributed by atoms with Crippen molar-refractivity contribution in [3.8, 4) is 0 Å². The molecule has 0 aromatic heterocycles. The van der Waals surface area contributed by atoms with E-state index in [2.05, 4.69) is 27.7 Å². The molecule has 0 saturated heterocycles. The molecule has 2 bridgehead atoms. The second kappa shape index (κ2) is 3.98. The van der Waals surface area contributed by atoms with Gasteiger partial charge in [0.2, 0.25) is 0 Å². The van der Waals surface area contributed by atoms with Crippen LogP contribution in [0.15, 0.2) is 0 Å². The Labute approximate surface area is 112 Å². The normalized spacial score (nSPS) is 54.8. The smallest absolute Gasteiger partial charge is 0.0543 e. The molecule has 6 atom stereocenters. The van der Waals surface area contributed by atoms with Crippen LogP contribution in [-0.4, -0.2) is 11.2 Å². The molecule has 3 fully saturated rings. The van der Waals surface area contributed by atoms with Gasteiger partial charge in [-0.15, -0.1) is 0 Å². The molecule has 18 heavy (non-hydrogen) atoms. The van der Waals surface area contributed by atoms with Gasteiger partial charge >= 0.3 is 0 Å². The molecule has 104 valence electrons. The molecule has 3 rings (SSSR count). The predicted octanol–water partition coefficient (Wildman–Crippen LogP) is 4.25. The van der Waals surface area contributed by atoms with Crippen molar-refractivity contribution in [3.05, 3.63) is 0 Å². The molecule has 1 nitrogen and oxygen atoms in total. The summed E-state index contributed by atoms with van der Waals surface area (Å²) in [7, 11) is 0. The summed E-state index contributed by atoms with van der Waals surface area (Å²) in [5, 5.41) is 9.84. The lowest BCUT2D eigenvalue weighted by atomic mass is 9.59. The largest absolute Gasteiger partial charge is 0.393 e. The molecule has 0 heterocycles. The minimum absolute atomic E-state index is 0.0179. The van der Waals surface area contributed by atoms with Crippen molar-refractivity contribution in [1.29, 1.82) is 0 Å². The number of hydrogen-bond acceptors (Lipinski definition) is 1. The number of rotatable bonds is 1. The molecule has 0 radical (unpaired) electrons. The number of hydrogen-bond donors (Lipinski definition) is 1. The summed E-state index contributed by atoms with van der Waals surface area (Å²) >= 11 is 0. The molecule has 3 aliphatic rings. The van der Waals surface area contributed by atoms with Crippen LogP contribution in [-0.2, 0) is 0 Å². The summed E-state index contributed by atoms with van der Waals surface area (Å²) in [6.45, 7) is 10.00. The average molecular weight is 250 g/mol. The first kappa shape index (κ1) is 13.0. The molecule has 3 unspecified atom stereocenters. The fourth-order valence-corrected chi connectivity index (χ4v) is 5.90. The van der Waals surface area contributed by atoms with Gasteiger partial charge in [-0.2, -0.15) is 0 Å². The van der Waals surface area contributed by atoms with Gasteiger partial charge in [0.1, 0.15) is 0 Å². The van der Waals surface area contributed by atoms with Crippen molar-refractivity contribution in [2.45, 2.75) is 72.3 Å². The summed E-state index contributed by atoms with van der Waals surface area (Å²) < 4.78 is 0. The Hall–Kier alpha value is -0.0400. The molecule has 1 heteroatoms. The van der Waals surface area contributed by atoms with Crippen LogP contribution in [0, 0.1) is 34.5 Å². The van der Waals surface area contributed by atoms with Crippen molar-refractivity contribution in [2.24, 2.45) is 34.5 Å². The number of fused-ring (bicyclic) bond motifs is 2. The van der Waals surface area contributed by atoms with E-state index >= 15 is 0 Å². The first-order valence-electron chi connectivity index (χ1n) is 8.04. The van der Waals surface area contributed by atoms with E-state index in [1.54, 1.807) is 0 Å². The van der Waals surface area contributed by atoms with Gasteiger partial charge in [-0.3, -0.25) is 0 Å². The van der Waals surface area contributed by atoms with Gasteiger partial charge in [0, 0.05) is 0 Å². The van der Waals surface area contributed by atoms with Gasteiger partial charge in [-0.1, -0.05) is 27.7 Å². The van der Waals surface area contributed by atoms with Crippen LogP contribution in [0.4, 0.5) is 0 Å². The van der Waals surface area contributed by atoms with Crippen molar-refractivity contribution in [3.63, 3.8) is 0 Å². The fraction of sp³-hybridized carbons (Fsp3) is 1.00. The van der Waals surface area contributed by atoms with E-state index < -0.39 is 0 Å². The van der Waals surface area contributed by atoms with Gasteiger partial charge in [-0.05, 0) is 73.0 Å². The quantitative estimate of drug-likeness (QED) is 0.738. The Morgan fingerprint density at radius 1 is 1.00 bits per heavy atom. The minimum atomic E-state index is -0.0179. The highest BCUT2D eigenvalue weighted by molar-refractivity contribution is 5.11. The van der Waals surface area contributed by atoms with E-state index in [0.29, 0.717) is 10.8 Å². The van der Waals surface area contributed by atoms with E-state index in [1.807, 2.05) is 0 Å². The lowest BCUT2D eigenvalue weighted by molar-refractivity contribution is -0.00215. The van der Waals surface area contributed by atoms with E-state index in [-0.39, 0.29) is 6.10 Å². The van der Waals surface area contributed by atoms with E-state index in [1.165, 1.54) is 25.7 Å². The Kier molecular flexibility index (Phi) is 2.86. The van der Waals surface area contributed by atoms with E-state index in [9.17, 15) is 5.11 Å². The Balaban J connectivity index is 1.83. The minimum Gasteiger partial charge on any atom is -0.393 e. The summed E-state index contributed by atoms with van der Waals surface area (Å²) in [4.78, 5) is 0. The zero-order valence-corrected chi connectivity index (χ0v) is 12.6. The number of aliphatic hydroxyl groups is 1. The lowest BCUT2D eigenvalue weighted by Crippen LogP contribution is -2.40. The molecule has 1 N–H and O–H groups in total. The van der Waals surface area contributed by atoms with Crippen LogP contribution < -0.4 is 0 Å². The second-order valence-corrected chi connectivity index (χ2v) is 8.32. The van der Waals surface area contributed by atoms with Crippen LogP contribution in [0.25, 0.3) is 0 Å². The third kappa shape index (κ3) is 1.55. The lowest BCUT2D eigenvalue weighted by Gasteiger charge is -2.46. The molecule has 0 aliphatic heterocycles. The molecule has 3 saturated carbocycles. The highest BCUT2D eigenvalue weighted by atomic mass is 16.3. The van der Waals surface area contributed by atoms with Crippen LogP contribution in [0.2, 0.25) is 0 Å². The maximum absolute atomic E-state index is 9.84. The van der Waals surface area contributed by atoms with Gasteiger partial charge in [0.25, 0.3) is 0 Å². The first-order chi connectivity index (χ1) is 8.36. The fourth-order valence-electron chi connectivity index (χ4n) is 5.90. The number of aliphatic hydroxyl groups excluding tert-OH is 1. The maximum atomic E-state index is 9.84. The third-order valence-electron chi connectivity index (χ3n) is 7.59. The average Bonchev–Trinajstić information content (AvgIpc) is 2.61. The molecule has 0 amide bonds. The van der Waals surface area contributed by atoms with Crippen molar-refractivity contribution >= 4 is 0 Å². The Morgan fingerprint density at radius 2 is 1.72 bits per heavy atom. The predicted molar refractivity (Wildman–Crippen MR) is 75.2 cm³/mol. The van der Waals surface area contributed by atoms with Gasteiger partial charge in [-0.25, -0.2) is 0 Å². The monoisotopic (exact) mass is 250 g/mol. The second-order valence-electron chi connectivity index (χ2n) is 8.32. The van der Waals surface area contributed by atoms with Crippen molar-refractivity contribution in [2.75, 3.05) is 0 Å². The SMILES string of the molecule is CC1CC(O)CCC1[C@@H]1C[C@H]2CC[C@]1(C)C2(C)C. The molecular formula is C17H30O. The summed E-state index contributed by atoms with van der Waals surface area (Å²) in [5.41, 5.74) is 1.12. The van der Waals surface area contributed by atoms with Crippen molar-refractivity contribution in [1.82, 2.24) is 0 Å². The zero-order chi connectivity index (χ0) is 13.1. The topological polar surface area (TPSA) is 20.2 Å². The highest BCUT2D eigenvalue weighted by Crippen LogP contribution is 2.70. The summed E-state index contributed by atoms with van der Waals surface area (Å²) in [5.74, 6) is 3.49. The summed E-state index contributed by atoms with van der Waals surface area (Å²) in [6.07, 6.45) is 7.72. The van der Waals surface area contributed by atoms with Crippen LogP contribution in [0.1, 0.15) is 66.2 Å². The standard InChI is InChI=1S/C17H30O/c1-11-9-13(18)5-6-14(11)15-10-12-7-8-17(15,4)16(12,2)3/h11-15,18H,5-10H2,1-4H3/t11?,12-,13?,14?,15+,17+/m1/s1. The van der Waals surface area contributed by atoms with Crippen molar-refractivity contribution < 1.29 is 5.11 Å². The summed E-state index contributed by atoms with van der Waals surface area (Å²) in [6, 6.07) is 0.